The van der Waals surface area contributed by atoms with Crippen LogP contribution in [0.4, 0.5) is 5.82 Å². The number of aromatic amines is 1. The third-order valence-electron chi connectivity index (χ3n) is 2.77. The third kappa shape index (κ3) is 3.69. The van der Waals surface area contributed by atoms with Gasteiger partial charge in [0.05, 0.1) is 18.6 Å². The number of hydrogen-bond donors (Lipinski definition) is 2. The van der Waals surface area contributed by atoms with Gasteiger partial charge in [-0.3, -0.25) is 9.59 Å². The number of anilines is 1. The minimum atomic E-state index is -0.508. The zero-order valence-electron chi connectivity index (χ0n) is 11.4. The lowest BCUT2D eigenvalue weighted by atomic mass is 10.2. The van der Waals surface area contributed by atoms with E-state index in [2.05, 4.69) is 25.9 Å². The molecule has 0 aliphatic rings. The smallest absolute Gasteiger partial charge is 0.310 e. The van der Waals surface area contributed by atoms with Crippen LogP contribution >= 0.6 is 15.9 Å². The maximum atomic E-state index is 12.1. The van der Waals surface area contributed by atoms with Gasteiger partial charge in [0, 0.05) is 10.0 Å². The molecule has 0 saturated carbocycles. The lowest BCUT2D eigenvalue weighted by Gasteiger charge is -2.07. The van der Waals surface area contributed by atoms with Crippen molar-refractivity contribution in [2.45, 2.75) is 13.3 Å². The molecule has 6 nitrogen and oxygen atoms in total. The second kappa shape index (κ2) is 6.53. The molecule has 2 aromatic rings. The predicted molar refractivity (Wildman–Crippen MR) is 82.7 cm³/mol. The highest BCUT2D eigenvalue weighted by atomic mass is 79.9. The number of carbonyl (C=O) groups excluding carboxylic acids is 1. The van der Waals surface area contributed by atoms with E-state index in [1.807, 2.05) is 18.2 Å². The van der Waals surface area contributed by atoms with Gasteiger partial charge in [0.15, 0.2) is 0 Å². The number of nitrogens with one attached hydrogen (secondary N) is 1. The first-order valence-electron chi connectivity index (χ1n) is 6.31. The summed E-state index contributed by atoms with van der Waals surface area (Å²) < 4.78 is 5.66. The van der Waals surface area contributed by atoms with Gasteiger partial charge in [-0.15, -0.1) is 0 Å². The molecule has 0 bridgehead atoms. The van der Waals surface area contributed by atoms with Crippen molar-refractivity contribution in [3.05, 3.63) is 44.7 Å². The van der Waals surface area contributed by atoms with Crippen LogP contribution < -0.4 is 11.3 Å². The van der Waals surface area contributed by atoms with Crippen LogP contribution in [0.1, 0.15) is 12.5 Å². The van der Waals surface area contributed by atoms with Crippen molar-refractivity contribution in [1.82, 2.24) is 9.97 Å². The molecule has 0 spiro atoms. The molecule has 2 rings (SSSR count). The summed E-state index contributed by atoms with van der Waals surface area (Å²) >= 11 is 3.35. The van der Waals surface area contributed by atoms with E-state index in [4.69, 9.17) is 10.5 Å². The molecule has 0 radical (unpaired) electrons. The lowest BCUT2D eigenvalue weighted by Crippen LogP contribution is -2.22. The quantitative estimate of drug-likeness (QED) is 0.819. The average molecular weight is 352 g/mol. The fraction of sp³-hybridized carbons (Fsp3) is 0.214. The first-order chi connectivity index (χ1) is 10.0. The van der Waals surface area contributed by atoms with E-state index in [1.54, 1.807) is 13.0 Å². The summed E-state index contributed by atoms with van der Waals surface area (Å²) in [6.07, 6.45) is -0.194. The maximum absolute atomic E-state index is 12.1. The SMILES string of the molecule is CCOC(=O)Cc1c(N)nc(-c2cccc(Br)c2)[nH]c1=O. The number of nitrogens with two attached hydrogens (primary N) is 1. The highest BCUT2D eigenvalue weighted by Crippen LogP contribution is 2.20. The highest BCUT2D eigenvalue weighted by molar-refractivity contribution is 9.10. The summed E-state index contributed by atoms with van der Waals surface area (Å²) in [5.74, 6) is -0.125. The number of H-pyrrole nitrogens is 1. The number of rotatable bonds is 4. The summed E-state index contributed by atoms with van der Waals surface area (Å²) in [5.41, 5.74) is 6.19. The van der Waals surface area contributed by atoms with Crippen molar-refractivity contribution in [3.8, 4) is 11.4 Å². The topological polar surface area (TPSA) is 98.1 Å². The van der Waals surface area contributed by atoms with E-state index in [0.717, 1.165) is 10.0 Å². The molecular weight excluding hydrogens is 338 g/mol. The van der Waals surface area contributed by atoms with Gasteiger partial charge < -0.3 is 15.5 Å². The normalized spacial score (nSPS) is 10.4. The zero-order valence-corrected chi connectivity index (χ0v) is 12.9. The molecular formula is C14H14BrN3O3. The van der Waals surface area contributed by atoms with Gasteiger partial charge in [0.25, 0.3) is 5.56 Å². The van der Waals surface area contributed by atoms with Crippen LogP contribution in [-0.4, -0.2) is 22.5 Å². The van der Waals surface area contributed by atoms with Gasteiger partial charge in [-0.2, -0.15) is 0 Å². The van der Waals surface area contributed by atoms with E-state index in [-0.39, 0.29) is 24.4 Å². The molecule has 1 heterocycles. The van der Waals surface area contributed by atoms with Gasteiger partial charge >= 0.3 is 5.97 Å². The van der Waals surface area contributed by atoms with Crippen LogP contribution in [0.2, 0.25) is 0 Å². The Morgan fingerprint density at radius 2 is 2.24 bits per heavy atom. The highest BCUT2D eigenvalue weighted by Gasteiger charge is 2.14. The number of halogens is 1. The molecule has 3 N–H and O–H groups in total. The molecule has 0 fully saturated rings. The fourth-order valence-electron chi connectivity index (χ4n) is 1.81. The number of ether oxygens (including phenoxy) is 1. The molecule has 0 saturated heterocycles. The lowest BCUT2D eigenvalue weighted by molar-refractivity contribution is -0.142. The number of nitrogen functional groups attached to an aromatic ring is 1. The summed E-state index contributed by atoms with van der Waals surface area (Å²) in [6, 6.07) is 7.29. The van der Waals surface area contributed by atoms with Gasteiger partial charge in [0.2, 0.25) is 0 Å². The number of esters is 1. The average Bonchev–Trinajstić information content (AvgIpc) is 2.43. The standard InChI is InChI=1S/C14H14BrN3O3/c1-2-21-11(19)7-10-12(16)17-13(18-14(10)20)8-4-3-5-9(15)6-8/h3-6H,2,7H2,1H3,(H3,16,17,18,20). The van der Waals surface area contributed by atoms with Crippen LogP contribution in [0.25, 0.3) is 11.4 Å². The van der Waals surface area contributed by atoms with E-state index in [0.29, 0.717) is 5.82 Å². The van der Waals surface area contributed by atoms with Crippen molar-refractivity contribution in [3.63, 3.8) is 0 Å². The van der Waals surface area contributed by atoms with Gasteiger partial charge in [-0.05, 0) is 19.1 Å². The Morgan fingerprint density at radius 1 is 1.48 bits per heavy atom. The second-order valence-corrected chi connectivity index (χ2v) is 5.19. The minimum Gasteiger partial charge on any atom is -0.466 e. The molecule has 1 aromatic carbocycles. The van der Waals surface area contributed by atoms with Crippen LogP contribution in [0.3, 0.4) is 0 Å². The molecule has 21 heavy (non-hydrogen) atoms. The number of benzene rings is 1. The van der Waals surface area contributed by atoms with Gasteiger partial charge in [0.1, 0.15) is 11.6 Å². The van der Waals surface area contributed by atoms with E-state index >= 15 is 0 Å². The molecule has 110 valence electrons. The first kappa shape index (κ1) is 15.2. The summed E-state index contributed by atoms with van der Waals surface area (Å²) in [7, 11) is 0. The summed E-state index contributed by atoms with van der Waals surface area (Å²) in [5, 5.41) is 0. The van der Waals surface area contributed by atoms with E-state index in [9.17, 15) is 9.59 Å². The van der Waals surface area contributed by atoms with Crippen LogP contribution in [-0.2, 0) is 16.0 Å². The Labute approximate surface area is 129 Å². The number of nitrogens with zero attached hydrogens (tertiary/aromatic N) is 1. The van der Waals surface area contributed by atoms with Crippen LogP contribution in [0.15, 0.2) is 33.5 Å². The molecule has 0 aliphatic carbocycles. The maximum Gasteiger partial charge on any atom is 0.310 e. The Hall–Kier alpha value is -2.15. The summed E-state index contributed by atoms with van der Waals surface area (Å²) in [4.78, 5) is 30.3. The number of hydrogen-bond acceptors (Lipinski definition) is 5. The zero-order chi connectivity index (χ0) is 15.4. The van der Waals surface area contributed by atoms with E-state index < -0.39 is 11.5 Å². The Morgan fingerprint density at radius 3 is 2.86 bits per heavy atom. The Balaban J connectivity index is 2.37. The largest absolute Gasteiger partial charge is 0.466 e. The molecule has 0 amide bonds. The number of carbonyl (C=O) groups is 1. The number of aromatic nitrogens is 2. The predicted octanol–water partition coefficient (Wildman–Crippen LogP) is 1.89. The molecule has 0 aliphatic heterocycles. The monoisotopic (exact) mass is 351 g/mol. The van der Waals surface area contributed by atoms with E-state index in [1.165, 1.54) is 0 Å². The van der Waals surface area contributed by atoms with Crippen molar-refractivity contribution < 1.29 is 9.53 Å². The molecule has 0 unspecified atom stereocenters. The minimum absolute atomic E-state index is 0.0294. The first-order valence-corrected chi connectivity index (χ1v) is 7.10. The second-order valence-electron chi connectivity index (χ2n) is 4.27. The van der Waals surface area contributed by atoms with Crippen LogP contribution in [0.5, 0.6) is 0 Å². The van der Waals surface area contributed by atoms with Crippen molar-refractivity contribution in [2.24, 2.45) is 0 Å². The van der Waals surface area contributed by atoms with Crippen molar-refractivity contribution in [2.75, 3.05) is 12.3 Å². The van der Waals surface area contributed by atoms with Crippen LogP contribution in [0, 0.1) is 0 Å². The third-order valence-corrected chi connectivity index (χ3v) is 3.27. The summed E-state index contributed by atoms with van der Waals surface area (Å²) in [6.45, 7) is 1.94. The van der Waals surface area contributed by atoms with Crippen molar-refractivity contribution >= 4 is 27.7 Å². The molecule has 1 aromatic heterocycles. The molecule has 0 atom stereocenters. The van der Waals surface area contributed by atoms with Gasteiger partial charge in [-0.1, -0.05) is 28.1 Å². The molecule has 7 heteroatoms. The fourth-order valence-corrected chi connectivity index (χ4v) is 2.21. The Kier molecular flexibility index (Phi) is 4.74. The van der Waals surface area contributed by atoms with Crippen molar-refractivity contribution in [1.29, 1.82) is 0 Å². The Bertz CT molecular complexity index is 728. The van der Waals surface area contributed by atoms with Gasteiger partial charge in [-0.25, -0.2) is 4.98 Å².